The molecule has 0 atom stereocenters. The number of hydrogen-bond donors (Lipinski definition) is 0. The van der Waals surface area contributed by atoms with E-state index < -0.39 is 0 Å². The van der Waals surface area contributed by atoms with Crippen molar-refractivity contribution in [3.05, 3.63) is 225 Å². The van der Waals surface area contributed by atoms with E-state index >= 15 is 0 Å². The highest BCUT2D eigenvalue weighted by Gasteiger charge is 2.38. The smallest absolute Gasteiger partial charge is 0.0465 e. The first kappa shape index (κ1) is 50.6. The standard InChI is InChI=1S/C72H78N2/c1-67(2,3)49-21-29-53(30-22-49)73(54-31-23-50(24-32-54)68(4,5)6)57-37-41-61-59-39-19-47(43-63(59)71(13,14)65(61)45-57)17-18-48-20-40-60-62-42-38-58(46-66(62)72(15,16)64(60)44-48)74(55-33-25-51(26-34-55)69(7,8)9)56-35-27-52(28-36-56)70(10,11)12/h17-46H,1-16H3. The molecule has 0 amide bonds. The van der Waals surface area contributed by atoms with Crippen molar-refractivity contribution in [3.63, 3.8) is 0 Å². The van der Waals surface area contributed by atoms with Gasteiger partial charge in [0.05, 0.1) is 0 Å². The zero-order chi connectivity index (χ0) is 52.9. The van der Waals surface area contributed by atoms with Crippen LogP contribution in [0.1, 0.15) is 166 Å². The molecule has 8 aromatic rings. The van der Waals surface area contributed by atoms with Crippen molar-refractivity contribution in [2.75, 3.05) is 9.80 Å². The quantitative estimate of drug-likeness (QED) is 0.140. The molecule has 0 spiro atoms. The Morgan fingerprint density at radius 2 is 0.486 bits per heavy atom. The summed E-state index contributed by atoms with van der Waals surface area (Å²) in [6.07, 6.45) is 4.61. The fourth-order valence-electron chi connectivity index (χ4n) is 11.5. The lowest BCUT2D eigenvalue weighted by atomic mass is 9.81. The molecule has 0 aromatic heterocycles. The molecule has 8 aromatic carbocycles. The monoisotopic (exact) mass is 971 g/mol. The van der Waals surface area contributed by atoms with E-state index in [9.17, 15) is 0 Å². The molecule has 2 aliphatic rings. The van der Waals surface area contributed by atoms with Gasteiger partial charge >= 0.3 is 0 Å². The highest BCUT2D eigenvalue weighted by Crippen LogP contribution is 2.53. The van der Waals surface area contributed by atoms with E-state index in [0.29, 0.717) is 0 Å². The summed E-state index contributed by atoms with van der Waals surface area (Å²) in [5, 5.41) is 0. The van der Waals surface area contributed by atoms with Crippen molar-refractivity contribution in [2.45, 2.75) is 143 Å². The molecule has 0 aliphatic heterocycles. The Balaban J connectivity index is 0.937. The number of rotatable bonds is 8. The molecule has 74 heavy (non-hydrogen) atoms. The van der Waals surface area contributed by atoms with Gasteiger partial charge in [-0.15, -0.1) is 0 Å². The summed E-state index contributed by atoms with van der Waals surface area (Å²) < 4.78 is 0. The molecule has 0 bridgehead atoms. The highest BCUT2D eigenvalue weighted by molar-refractivity contribution is 5.89. The molecule has 0 unspecified atom stereocenters. The van der Waals surface area contributed by atoms with Gasteiger partial charge in [-0.1, -0.05) is 220 Å². The van der Waals surface area contributed by atoms with Crippen LogP contribution in [-0.2, 0) is 32.5 Å². The Bertz CT molecular complexity index is 3080. The average Bonchev–Trinajstić information content (AvgIpc) is 3.71. The van der Waals surface area contributed by atoms with Gasteiger partial charge in [0.25, 0.3) is 0 Å². The first-order valence-electron chi connectivity index (χ1n) is 27.0. The Kier molecular flexibility index (Phi) is 12.2. The zero-order valence-corrected chi connectivity index (χ0v) is 47.2. The highest BCUT2D eigenvalue weighted by atomic mass is 15.1. The van der Waals surface area contributed by atoms with E-state index in [-0.39, 0.29) is 32.5 Å². The molecule has 0 heterocycles. The Morgan fingerprint density at radius 1 is 0.270 bits per heavy atom. The van der Waals surface area contributed by atoms with Crippen molar-refractivity contribution in [1.82, 2.24) is 0 Å². The van der Waals surface area contributed by atoms with Crippen LogP contribution in [0.4, 0.5) is 34.1 Å². The van der Waals surface area contributed by atoms with Gasteiger partial charge in [-0.05, 0) is 172 Å². The van der Waals surface area contributed by atoms with Gasteiger partial charge in [-0.3, -0.25) is 0 Å². The topological polar surface area (TPSA) is 6.48 Å². The maximum absolute atomic E-state index is 2.44. The fourth-order valence-corrected chi connectivity index (χ4v) is 11.5. The number of fused-ring (bicyclic) bond motifs is 6. The van der Waals surface area contributed by atoms with Crippen LogP contribution < -0.4 is 9.80 Å². The number of benzene rings is 8. The summed E-state index contributed by atoms with van der Waals surface area (Å²) in [5.41, 5.74) is 25.4. The molecule has 0 saturated carbocycles. The number of hydrogen-bond acceptors (Lipinski definition) is 2. The lowest BCUT2D eigenvalue weighted by Gasteiger charge is -2.29. The maximum atomic E-state index is 2.44. The Hall–Kier alpha value is -6.90. The summed E-state index contributed by atoms with van der Waals surface area (Å²) in [5.74, 6) is 0. The van der Waals surface area contributed by atoms with E-state index in [0.717, 1.165) is 22.7 Å². The predicted molar refractivity (Wildman–Crippen MR) is 321 cm³/mol. The minimum Gasteiger partial charge on any atom is -0.310 e. The Labute approximate surface area is 444 Å². The third-order valence-corrected chi connectivity index (χ3v) is 16.3. The maximum Gasteiger partial charge on any atom is 0.0465 e. The van der Waals surface area contributed by atoms with Crippen molar-refractivity contribution in [1.29, 1.82) is 0 Å². The van der Waals surface area contributed by atoms with E-state index in [2.05, 4.69) is 303 Å². The Morgan fingerprint density at radius 3 is 0.730 bits per heavy atom. The summed E-state index contributed by atoms with van der Waals surface area (Å²) in [6, 6.07) is 65.0. The molecule has 10 rings (SSSR count). The van der Waals surface area contributed by atoms with Crippen LogP contribution >= 0.6 is 0 Å². The molecule has 2 nitrogen and oxygen atoms in total. The van der Waals surface area contributed by atoms with Gasteiger partial charge in [0, 0.05) is 45.0 Å². The van der Waals surface area contributed by atoms with Crippen molar-refractivity contribution in [3.8, 4) is 22.3 Å². The summed E-state index contributed by atoms with van der Waals surface area (Å²) in [6.45, 7) is 37.0. The summed E-state index contributed by atoms with van der Waals surface area (Å²) >= 11 is 0. The molecule has 0 radical (unpaired) electrons. The molecular formula is C72H78N2. The third kappa shape index (κ3) is 9.24. The van der Waals surface area contributed by atoms with Gasteiger partial charge in [0.2, 0.25) is 0 Å². The van der Waals surface area contributed by atoms with E-state index in [1.54, 1.807) is 0 Å². The molecular weight excluding hydrogens is 893 g/mol. The number of anilines is 6. The van der Waals surface area contributed by atoms with Crippen LogP contribution in [-0.4, -0.2) is 0 Å². The predicted octanol–water partition coefficient (Wildman–Crippen LogP) is 20.6. The van der Waals surface area contributed by atoms with Crippen molar-refractivity contribution in [2.24, 2.45) is 0 Å². The van der Waals surface area contributed by atoms with E-state index in [1.165, 1.54) is 89.3 Å². The largest absolute Gasteiger partial charge is 0.310 e. The van der Waals surface area contributed by atoms with E-state index in [1.807, 2.05) is 0 Å². The molecule has 376 valence electrons. The van der Waals surface area contributed by atoms with Gasteiger partial charge in [-0.25, -0.2) is 0 Å². The first-order chi connectivity index (χ1) is 34.7. The van der Waals surface area contributed by atoms with E-state index in [4.69, 9.17) is 0 Å². The van der Waals surface area contributed by atoms with Crippen LogP contribution in [0.2, 0.25) is 0 Å². The summed E-state index contributed by atoms with van der Waals surface area (Å²) in [4.78, 5) is 4.85. The minimum atomic E-state index is -0.189. The third-order valence-electron chi connectivity index (χ3n) is 16.3. The van der Waals surface area contributed by atoms with Gasteiger partial charge in [0.1, 0.15) is 0 Å². The normalized spacial score (nSPS) is 14.6. The van der Waals surface area contributed by atoms with Crippen LogP contribution in [0.3, 0.4) is 0 Å². The van der Waals surface area contributed by atoms with Crippen LogP contribution in [0.25, 0.3) is 34.4 Å². The fraction of sp³-hybridized carbons (Fsp3) is 0.306. The van der Waals surface area contributed by atoms with Gasteiger partial charge < -0.3 is 9.80 Å². The second-order valence-corrected chi connectivity index (χ2v) is 26.5. The lowest BCUT2D eigenvalue weighted by Crippen LogP contribution is -2.17. The van der Waals surface area contributed by atoms with Crippen LogP contribution in [0, 0.1) is 0 Å². The van der Waals surface area contributed by atoms with Crippen molar-refractivity contribution < 1.29 is 0 Å². The molecule has 0 saturated heterocycles. The van der Waals surface area contributed by atoms with Gasteiger partial charge in [0.15, 0.2) is 0 Å². The zero-order valence-electron chi connectivity index (χ0n) is 47.2. The molecule has 2 heteroatoms. The summed E-state index contributed by atoms with van der Waals surface area (Å²) in [7, 11) is 0. The molecule has 0 N–H and O–H groups in total. The van der Waals surface area contributed by atoms with Crippen LogP contribution in [0.15, 0.2) is 170 Å². The first-order valence-corrected chi connectivity index (χ1v) is 27.0. The SMILES string of the molecule is CC(C)(C)c1ccc(N(c2ccc(C(C)(C)C)cc2)c2ccc3c(c2)C(C)(C)c2cc(C=Cc4ccc5c(c4)C(C)(C)c4cc(N(c6ccc(C(C)(C)C)cc6)c6ccc(C(C)(C)C)cc6)ccc4-5)ccc2-3)cc1. The molecule has 2 aliphatic carbocycles. The minimum absolute atomic E-state index is 0.0791. The van der Waals surface area contributed by atoms with Crippen molar-refractivity contribution >= 4 is 46.3 Å². The van der Waals surface area contributed by atoms with Gasteiger partial charge in [-0.2, -0.15) is 0 Å². The number of nitrogens with zero attached hydrogens (tertiary/aromatic N) is 2. The lowest BCUT2D eigenvalue weighted by molar-refractivity contribution is 0.590. The second-order valence-electron chi connectivity index (χ2n) is 26.5. The molecule has 0 fully saturated rings. The second kappa shape index (κ2) is 17.9. The average molecular weight is 971 g/mol. The van der Waals surface area contributed by atoms with Crippen LogP contribution in [0.5, 0.6) is 0 Å².